The predicted molar refractivity (Wildman–Crippen MR) is 75.0 cm³/mol. The molecular formula is C13H18ClN5. The first-order valence-electron chi connectivity index (χ1n) is 6.70. The van der Waals surface area contributed by atoms with Crippen molar-refractivity contribution in [3.8, 4) is 0 Å². The fraction of sp³-hybridized carbons (Fsp3) is 0.615. The van der Waals surface area contributed by atoms with Gasteiger partial charge in [0.1, 0.15) is 11.0 Å². The van der Waals surface area contributed by atoms with E-state index in [0.717, 1.165) is 42.4 Å². The molecule has 0 unspecified atom stereocenters. The Kier molecular flexibility index (Phi) is 3.41. The van der Waals surface area contributed by atoms with Crippen LogP contribution in [0.3, 0.4) is 0 Å². The van der Waals surface area contributed by atoms with Gasteiger partial charge in [-0.05, 0) is 31.8 Å². The minimum Gasteiger partial charge on any atom is -0.296 e. The average Bonchev–Trinajstić information content (AvgIpc) is 2.75. The molecule has 1 aliphatic rings. The first-order valence-corrected chi connectivity index (χ1v) is 7.08. The lowest BCUT2D eigenvalue weighted by Gasteiger charge is -2.29. The largest absolute Gasteiger partial charge is 0.296 e. The fourth-order valence-electron chi connectivity index (χ4n) is 2.52. The lowest BCUT2D eigenvalue weighted by Crippen LogP contribution is -2.33. The maximum Gasteiger partial charge on any atom is 0.162 e. The molecule has 102 valence electrons. The van der Waals surface area contributed by atoms with Crippen molar-refractivity contribution in [3.05, 3.63) is 17.2 Å². The van der Waals surface area contributed by atoms with Gasteiger partial charge in [0.25, 0.3) is 0 Å². The van der Waals surface area contributed by atoms with E-state index in [0.29, 0.717) is 5.15 Å². The van der Waals surface area contributed by atoms with Gasteiger partial charge in [-0.2, -0.15) is 5.10 Å². The number of piperidine rings is 1. The molecule has 1 aliphatic heterocycles. The van der Waals surface area contributed by atoms with Gasteiger partial charge >= 0.3 is 0 Å². The molecule has 2 aromatic rings. The van der Waals surface area contributed by atoms with Crippen molar-refractivity contribution in [3.63, 3.8) is 0 Å². The summed E-state index contributed by atoms with van der Waals surface area (Å²) in [6.07, 6.45) is 4.22. The van der Waals surface area contributed by atoms with Crippen molar-refractivity contribution in [1.82, 2.24) is 24.6 Å². The van der Waals surface area contributed by atoms with Gasteiger partial charge in [-0.25, -0.2) is 9.97 Å². The highest BCUT2D eigenvalue weighted by Gasteiger charge is 2.18. The molecule has 0 aliphatic carbocycles. The Labute approximate surface area is 117 Å². The minimum atomic E-state index is 0.499. The third-order valence-electron chi connectivity index (χ3n) is 3.83. The second-order valence-electron chi connectivity index (χ2n) is 5.39. The normalized spacial score (nSPS) is 18.3. The average molecular weight is 280 g/mol. The number of nitrogens with zero attached hydrogens (tertiary/aromatic N) is 5. The van der Waals surface area contributed by atoms with Crippen molar-refractivity contribution >= 4 is 22.6 Å². The first-order chi connectivity index (χ1) is 9.13. The highest BCUT2D eigenvalue weighted by Crippen LogP contribution is 2.21. The minimum absolute atomic E-state index is 0.499. The molecule has 1 fully saturated rings. The van der Waals surface area contributed by atoms with E-state index in [2.05, 4.69) is 26.9 Å². The molecule has 0 radical (unpaired) electrons. The zero-order valence-corrected chi connectivity index (χ0v) is 12.1. The summed E-state index contributed by atoms with van der Waals surface area (Å²) in [6, 6.07) is 0. The summed E-state index contributed by atoms with van der Waals surface area (Å²) in [7, 11) is 1.87. The monoisotopic (exact) mass is 279 g/mol. The van der Waals surface area contributed by atoms with E-state index in [1.807, 2.05) is 7.05 Å². The summed E-state index contributed by atoms with van der Waals surface area (Å²) in [4.78, 5) is 11.4. The lowest BCUT2D eigenvalue weighted by molar-refractivity contribution is 0.181. The first kappa shape index (κ1) is 12.8. The number of aromatic nitrogens is 4. The fourth-order valence-corrected chi connectivity index (χ4v) is 2.75. The molecule has 0 aromatic carbocycles. The van der Waals surface area contributed by atoms with E-state index in [1.54, 1.807) is 10.9 Å². The summed E-state index contributed by atoms with van der Waals surface area (Å²) in [5.41, 5.74) is 0.806. The number of hydrogen-bond acceptors (Lipinski definition) is 4. The number of likely N-dealkylation sites (tertiary alicyclic amines) is 1. The molecule has 0 amide bonds. The van der Waals surface area contributed by atoms with Crippen molar-refractivity contribution in [2.24, 2.45) is 13.0 Å². The van der Waals surface area contributed by atoms with E-state index in [9.17, 15) is 0 Å². The molecule has 2 aromatic heterocycles. The maximum atomic E-state index is 6.19. The van der Waals surface area contributed by atoms with Crippen LogP contribution in [0, 0.1) is 5.92 Å². The van der Waals surface area contributed by atoms with Crippen LogP contribution < -0.4 is 0 Å². The van der Waals surface area contributed by atoms with Crippen LogP contribution in [0.5, 0.6) is 0 Å². The summed E-state index contributed by atoms with van der Waals surface area (Å²) < 4.78 is 1.74. The van der Waals surface area contributed by atoms with Crippen LogP contribution in [0.1, 0.15) is 25.6 Å². The van der Waals surface area contributed by atoms with Crippen molar-refractivity contribution in [2.45, 2.75) is 26.3 Å². The van der Waals surface area contributed by atoms with E-state index in [-0.39, 0.29) is 0 Å². The Morgan fingerprint density at radius 1 is 1.32 bits per heavy atom. The molecule has 5 nitrogen and oxygen atoms in total. The van der Waals surface area contributed by atoms with Gasteiger partial charge in [-0.1, -0.05) is 18.5 Å². The van der Waals surface area contributed by atoms with Crippen LogP contribution in [0.25, 0.3) is 11.0 Å². The maximum absolute atomic E-state index is 6.19. The van der Waals surface area contributed by atoms with Gasteiger partial charge in [-0.15, -0.1) is 0 Å². The van der Waals surface area contributed by atoms with Crippen LogP contribution in [-0.4, -0.2) is 37.7 Å². The third kappa shape index (κ3) is 2.58. The predicted octanol–water partition coefficient (Wildman–Crippen LogP) is 2.25. The molecule has 0 spiro atoms. The number of aryl methyl sites for hydroxylation is 1. The lowest BCUT2D eigenvalue weighted by atomic mass is 9.99. The Morgan fingerprint density at radius 2 is 2.05 bits per heavy atom. The van der Waals surface area contributed by atoms with E-state index < -0.39 is 0 Å². The number of hydrogen-bond donors (Lipinski definition) is 0. The van der Waals surface area contributed by atoms with E-state index in [4.69, 9.17) is 11.6 Å². The van der Waals surface area contributed by atoms with Crippen molar-refractivity contribution in [1.29, 1.82) is 0 Å². The van der Waals surface area contributed by atoms with Crippen LogP contribution >= 0.6 is 11.6 Å². The second kappa shape index (κ2) is 5.06. The van der Waals surface area contributed by atoms with Crippen LogP contribution in [0.4, 0.5) is 0 Å². The Morgan fingerprint density at radius 3 is 2.79 bits per heavy atom. The van der Waals surface area contributed by atoms with Crippen molar-refractivity contribution in [2.75, 3.05) is 13.1 Å². The van der Waals surface area contributed by atoms with Crippen molar-refractivity contribution < 1.29 is 0 Å². The van der Waals surface area contributed by atoms with Gasteiger partial charge in [0.05, 0.1) is 18.1 Å². The van der Waals surface area contributed by atoms with Crippen LogP contribution in [0.15, 0.2) is 6.20 Å². The molecule has 0 atom stereocenters. The molecule has 1 saturated heterocycles. The SMILES string of the molecule is CC1CCN(Cc2nc(Cl)c3cnn(C)c3n2)CC1. The molecule has 3 heterocycles. The molecule has 6 heteroatoms. The van der Waals surface area contributed by atoms with Gasteiger partial charge in [0.2, 0.25) is 0 Å². The Balaban J connectivity index is 1.83. The number of halogens is 1. The van der Waals surface area contributed by atoms with Crippen LogP contribution in [0.2, 0.25) is 5.15 Å². The van der Waals surface area contributed by atoms with Gasteiger partial charge in [0.15, 0.2) is 5.65 Å². The number of rotatable bonds is 2. The Bertz CT molecular complexity index is 586. The molecule has 0 saturated carbocycles. The Hall–Kier alpha value is -1.20. The molecule has 0 bridgehead atoms. The van der Waals surface area contributed by atoms with E-state index >= 15 is 0 Å². The standard InChI is InChI=1S/C13H18ClN5/c1-9-3-5-19(6-4-9)8-11-16-12(14)10-7-15-18(2)13(10)17-11/h7,9H,3-6,8H2,1-2H3. The summed E-state index contributed by atoms with van der Waals surface area (Å²) in [5, 5.41) is 5.49. The molecule has 0 N–H and O–H groups in total. The van der Waals surface area contributed by atoms with Gasteiger partial charge in [0, 0.05) is 7.05 Å². The smallest absolute Gasteiger partial charge is 0.162 e. The zero-order chi connectivity index (χ0) is 13.4. The number of fused-ring (bicyclic) bond motifs is 1. The quantitative estimate of drug-likeness (QED) is 0.791. The molecule has 19 heavy (non-hydrogen) atoms. The molecule has 3 rings (SSSR count). The van der Waals surface area contributed by atoms with Gasteiger partial charge < -0.3 is 0 Å². The summed E-state index contributed by atoms with van der Waals surface area (Å²) >= 11 is 6.19. The highest BCUT2D eigenvalue weighted by molar-refractivity contribution is 6.33. The zero-order valence-electron chi connectivity index (χ0n) is 11.3. The van der Waals surface area contributed by atoms with Crippen LogP contribution in [-0.2, 0) is 13.6 Å². The third-order valence-corrected chi connectivity index (χ3v) is 4.12. The highest BCUT2D eigenvalue weighted by atomic mass is 35.5. The summed E-state index contributed by atoms with van der Waals surface area (Å²) in [5.74, 6) is 1.62. The second-order valence-corrected chi connectivity index (χ2v) is 5.75. The van der Waals surface area contributed by atoms with E-state index in [1.165, 1.54) is 12.8 Å². The summed E-state index contributed by atoms with van der Waals surface area (Å²) in [6.45, 7) is 5.32. The van der Waals surface area contributed by atoms with Gasteiger partial charge in [-0.3, -0.25) is 9.58 Å². The molecular weight excluding hydrogens is 262 g/mol. The topological polar surface area (TPSA) is 46.8 Å².